The van der Waals surface area contributed by atoms with Crippen LogP contribution >= 0.6 is 0 Å². The number of rotatable bonds is 8. The van der Waals surface area contributed by atoms with Gasteiger partial charge in [0.2, 0.25) is 5.88 Å². The summed E-state index contributed by atoms with van der Waals surface area (Å²) in [5.74, 6) is 2.15. The second-order valence-corrected chi connectivity index (χ2v) is 11.2. The molecule has 1 aromatic carbocycles. The van der Waals surface area contributed by atoms with Crippen LogP contribution < -0.4 is 34.9 Å². The fraction of sp³-hybridized carbons (Fsp3) is 0.344. The van der Waals surface area contributed by atoms with Crippen molar-refractivity contribution in [1.82, 2.24) is 19.9 Å². The quantitative estimate of drug-likeness (QED) is 0.316. The summed E-state index contributed by atoms with van der Waals surface area (Å²) in [4.78, 5) is 51.2. The van der Waals surface area contributed by atoms with Gasteiger partial charge in [0.1, 0.15) is 23.3 Å². The van der Waals surface area contributed by atoms with Crippen LogP contribution in [0.4, 0.5) is 16.4 Å². The fourth-order valence-electron chi connectivity index (χ4n) is 6.21. The number of carbonyl (C=O) groups is 2. The molecule has 13 heteroatoms. The molecular weight excluding hydrogens is 580 g/mol. The Hall–Kier alpha value is -5.17. The van der Waals surface area contributed by atoms with Crippen molar-refractivity contribution in [3.8, 4) is 17.4 Å². The summed E-state index contributed by atoms with van der Waals surface area (Å²) in [6, 6.07) is 17.6. The Labute approximate surface area is 258 Å². The Balaban J connectivity index is 1.07. The van der Waals surface area contributed by atoms with Gasteiger partial charge in [-0.3, -0.25) is 29.3 Å². The SMILES string of the molecule is COc1ccc(CN2C(=O)COc3ccc(N4C(=O)O[C@@H]5C[C@H](NCn6c(=O)ccc7ccc(OC)nc76)CC[C@H]54)nc32)cc1. The third-order valence-electron chi connectivity index (χ3n) is 8.57. The zero-order valence-corrected chi connectivity index (χ0v) is 24.8. The molecule has 5 heterocycles. The number of hydrogen-bond acceptors (Lipinski definition) is 10. The normalized spacial score (nSPS) is 20.8. The summed E-state index contributed by atoms with van der Waals surface area (Å²) in [5, 5.41) is 4.29. The molecule has 2 fully saturated rings. The minimum absolute atomic E-state index is 0.00858. The van der Waals surface area contributed by atoms with E-state index in [0.717, 1.165) is 23.1 Å². The lowest BCUT2D eigenvalue weighted by molar-refractivity contribution is -0.121. The standard InChI is InChI=1S/C32H32N6O7/c1-42-22-8-3-19(4-9-22)16-36-29(40)17-44-24-11-12-26(34-31(24)36)38-23-10-7-21(15-25(23)45-32(38)41)33-18-37-28(39)14-6-20-5-13-27(43-2)35-30(20)37/h3-6,8-9,11-14,21,23,25,33H,7,10,15-18H2,1-2H3/t21-,23-,25-/m1/s1. The van der Waals surface area contributed by atoms with E-state index >= 15 is 0 Å². The largest absolute Gasteiger partial charge is 0.497 e. The number of benzene rings is 1. The Kier molecular flexibility index (Phi) is 7.45. The van der Waals surface area contributed by atoms with Crippen LogP contribution in [0, 0.1) is 0 Å². The molecule has 0 unspecified atom stereocenters. The predicted molar refractivity (Wildman–Crippen MR) is 164 cm³/mol. The predicted octanol–water partition coefficient (Wildman–Crippen LogP) is 3.23. The van der Waals surface area contributed by atoms with Gasteiger partial charge in [-0.05, 0) is 54.8 Å². The highest BCUT2D eigenvalue weighted by atomic mass is 16.6. The number of aromatic nitrogens is 3. The van der Waals surface area contributed by atoms with Gasteiger partial charge in [0.15, 0.2) is 18.2 Å². The molecule has 1 saturated heterocycles. The molecule has 0 radical (unpaired) electrons. The highest BCUT2D eigenvalue weighted by Crippen LogP contribution is 2.39. The number of pyridine rings is 3. The second-order valence-electron chi connectivity index (χ2n) is 11.2. The van der Waals surface area contributed by atoms with E-state index in [-0.39, 0.29) is 42.9 Å². The molecule has 2 aliphatic heterocycles. The molecule has 1 aliphatic carbocycles. The van der Waals surface area contributed by atoms with Crippen molar-refractivity contribution in [2.24, 2.45) is 0 Å². The third kappa shape index (κ3) is 5.39. The maximum absolute atomic E-state index is 13.2. The third-order valence-corrected chi connectivity index (χ3v) is 8.57. The van der Waals surface area contributed by atoms with Crippen molar-refractivity contribution in [2.45, 2.75) is 50.7 Å². The number of amides is 2. The minimum Gasteiger partial charge on any atom is -0.497 e. The summed E-state index contributed by atoms with van der Waals surface area (Å²) >= 11 is 0. The Bertz CT molecular complexity index is 1830. The first-order chi connectivity index (χ1) is 21.9. The van der Waals surface area contributed by atoms with E-state index in [1.807, 2.05) is 30.3 Å². The van der Waals surface area contributed by atoms with Crippen LogP contribution in [0.25, 0.3) is 11.0 Å². The number of nitrogens with zero attached hydrogens (tertiary/aromatic N) is 5. The topological polar surface area (TPSA) is 137 Å². The van der Waals surface area contributed by atoms with Crippen LogP contribution in [-0.4, -0.2) is 65.5 Å². The van der Waals surface area contributed by atoms with Crippen molar-refractivity contribution in [3.05, 3.63) is 76.6 Å². The van der Waals surface area contributed by atoms with E-state index < -0.39 is 6.09 Å². The molecule has 3 aromatic heterocycles. The van der Waals surface area contributed by atoms with E-state index in [9.17, 15) is 14.4 Å². The summed E-state index contributed by atoms with van der Waals surface area (Å²) in [6.45, 7) is 0.450. The molecule has 3 atom stereocenters. The maximum Gasteiger partial charge on any atom is 0.416 e. The lowest BCUT2D eigenvalue weighted by atomic mass is 9.88. The summed E-state index contributed by atoms with van der Waals surface area (Å²) < 4.78 is 23.6. The smallest absolute Gasteiger partial charge is 0.416 e. The van der Waals surface area contributed by atoms with Crippen molar-refractivity contribution >= 4 is 34.7 Å². The summed E-state index contributed by atoms with van der Waals surface area (Å²) in [7, 11) is 3.14. The van der Waals surface area contributed by atoms with Gasteiger partial charge in [0.25, 0.3) is 11.5 Å². The number of anilines is 2. The van der Waals surface area contributed by atoms with Crippen molar-refractivity contribution in [3.63, 3.8) is 0 Å². The molecule has 7 rings (SSSR count). The van der Waals surface area contributed by atoms with Gasteiger partial charge in [-0.2, -0.15) is 4.98 Å². The van der Waals surface area contributed by atoms with E-state index in [0.29, 0.717) is 48.3 Å². The monoisotopic (exact) mass is 612 g/mol. The van der Waals surface area contributed by atoms with Gasteiger partial charge in [-0.1, -0.05) is 12.1 Å². The van der Waals surface area contributed by atoms with Crippen LogP contribution in [0.5, 0.6) is 17.4 Å². The Morgan fingerprint density at radius 2 is 1.76 bits per heavy atom. The Morgan fingerprint density at radius 1 is 0.933 bits per heavy atom. The van der Waals surface area contributed by atoms with Crippen molar-refractivity contribution in [1.29, 1.82) is 0 Å². The molecule has 1 saturated carbocycles. The molecule has 3 aliphatic rings. The van der Waals surface area contributed by atoms with Crippen LogP contribution in [0.3, 0.4) is 0 Å². The lowest BCUT2D eigenvalue weighted by Crippen LogP contribution is -2.47. The van der Waals surface area contributed by atoms with Gasteiger partial charge in [-0.15, -0.1) is 0 Å². The fourth-order valence-corrected chi connectivity index (χ4v) is 6.21. The van der Waals surface area contributed by atoms with Crippen LogP contribution in [0.2, 0.25) is 0 Å². The number of ether oxygens (including phenoxy) is 4. The minimum atomic E-state index is -0.482. The highest BCUT2D eigenvalue weighted by Gasteiger charge is 2.47. The number of methoxy groups -OCH3 is 2. The summed E-state index contributed by atoms with van der Waals surface area (Å²) in [5.41, 5.74) is 1.25. The molecule has 232 valence electrons. The highest BCUT2D eigenvalue weighted by molar-refractivity contribution is 5.97. The average molecular weight is 613 g/mol. The van der Waals surface area contributed by atoms with Crippen LogP contribution in [0.15, 0.2) is 65.5 Å². The van der Waals surface area contributed by atoms with Gasteiger partial charge in [0.05, 0.1) is 33.5 Å². The van der Waals surface area contributed by atoms with Gasteiger partial charge in [-0.25, -0.2) is 9.78 Å². The lowest BCUT2D eigenvalue weighted by Gasteiger charge is -2.34. The van der Waals surface area contributed by atoms with Gasteiger partial charge in [0, 0.05) is 30.0 Å². The van der Waals surface area contributed by atoms with Crippen molar-refractivity contribution in [2.75, 3.05) is 30.6 Å². The van der Waals surface area contributed by atoms with Crippen LogP contribution in [-0.2, 0) is 22.7 Å². The average Bonchev–Trinajstić information content (AvgIpc) is 3.40. The molecule has 4 aromatic rings. The molecule has 13 nitrogen and oxygen atoms in total. The number of carbonyl (C=O) groups excluding carboxylic acids is 2. The molecular formula is C32H32N6O7. The molecule has 2 amide bonds. The number of fused-ring (bicyclic) bond motifs is 3. The maximum atomic E-state index is 13.2. The zero-order chi connectivity index (χ0) is 31.1. The number of nitrogens with one attached hydrogen (secondary N) is 1. The summed E-state index contributed by atoms with van der Waals surface area (Å²) in [6.07, 6.45) is 1.13. The van der Waals surface area contributed by atoms with E-state index in [1.165, 1.54) is 13.2 Å². The molecule has 1 N–H and O–H groups in total. The first-order valence-electron chi connectivity index (χ1n) is 14.8. The first-order valence-corrected chi connectivity index (χ1v) is 14.8. The van der Waals surface area contributed by atoms with Gasteiger partial charge < -0.3 is 18.9 Å². The zero-order valence-electron chi connectivity index (χ0n) is 24.8. The first kappa shape index (κ1) is 28.6. The van der Waals surface area contributed by atoms with E-state index in [2.05, 4.69) is 10.3 Å². The van der Waals surface area contributed by atoms with Gasteiger partial charge >= 0.3 is 6.09 Å². The van der Waals surface area contributed by atoms with Crippen LogP contribution in [0.1, 0.15) is 24.8 Å². The van der Waals surface area contributed by atoms with E-state index in [4.69, 9.17) is 23.9 Å². The van der Waals surface area contributed by atoms with Crippen molar-refractivity contribution < 1.29 is 28.5 Å². The molecule has 45 heavy (non-hydrogen) atoms. The molecule has 0 spiro atoms. The van der Waals surface area contributed by atoms with E-state index in [1.54, 1.807) is 45.7 Å². The molecule has 0 bridgehead atoms. The number of hydrogen-bond donors (Lipinski definition) is 1. The second kappa shape index (κ2) is 11.7. The Morgan fingerprint density at radius 3 is 2.56 bits per heavy atom.